The third-order valence-electron chi connectivity index (χ3n) is 5.17. The summed E-state index contributed by atoms with van der Waals surface area (Å²) in [6.45, 7) is 3.59. The minimum Gasteiger partial charge on any atom is -0.383 e. The fourth-order valence-electron chi connectivity index (χ4n) is 3.52. The van der Waals surface area contributed by atoms with Gasteiger partial charge in [-0.15, -0.1) is 11.8 Å². The van der Waals surface area contributed by atoms with Crippen LogP contribution in [0.2, 0.25) is 0 Å². The summed E-state index contributed by atoms with van der Waals surface area (Å²) in [5.41, 5.74) is 6.93. The number of benzene rings is 2. The Morgan fingerprint density at radius 1 is 1.03 bits per heavy atom. The first-order chi connectivity index (χ1) is 14.6. The van der Waals surface area contributed by atoms with E-state index < -0.39 is 0 Å². The number of fused-ring (bicyclic) bond motifs is 1. The monoisotopic (exact) mass is 425 g/mol. The van der Waals surface area contributed by atoms with Crippen molar-refractivity contribution >= 4 is 34.4 Å². The van der Waals surface area contributed by atoms with Crippen molar-refractivity contribution < 1.29 is 9.18 Å². The molecule has 2 heterocycles. The molecule has 0 radical (unpaired) electrons. The van der Waals surface area contributed by atoms with Gasteiger partial charge in [0.25, 0.3) is 0 Å². The lowest BCUT2D eigenvalue weighted by Gasteiger charge is -2.34. The number of anilines is 1. The smallest absolute Gasteiger partial charge is 0.223 e. The highest BCUT2D eigenvalue weighted by Gasteiger charge is 2.21. The Labute approximate surface area is 179 Å². The summed E-state index contributed by atoms with van der Waals surface area (Å²) in [5, 5.41) is 0.871. The molecule has 4 rings (SSSR count). The first-order valence-corrected chi connectivity index (χ1v) is 11.0. The Bertz CT molecular complexity index is 1020. The van der Waals surface area contributed by atoms with Crippen molar-refractivity contribution in [2.24, 2.45) is 0 Å². The van der Waals surface area contributed by atoms with Gasteiger partial charge < -0.3 is 10.6 Å². The second kappa shape index (κ2) is 9.40. The van der Waals surface area contributed by atoms with E-state index in [0.717, 1.165) is 28.9 Å². The molecule has 1 amide bonds. The second-order valence-corrected chi connectivity index (χ2v) is 8.42. The van der Waals surface area contributed by atoms with Crippen LogP contribution in [0.25, 0.3) is 10.9 Å². The average Bonchev–Trinajstić information content (AvgIpc) is 2.76. The second-order valence-electron chi connectivity index (χ2n) is 7.25. The predicted octanol–water partition coefficient (Wildman–Crippen LogP) is 3.18. The molecule has 2 N–H and O–H groups in total. The van der Waals surface area contributed by atoms with Gasteiger partial charge in [0.15, 0.2) is 0 Å². The molecule has 1 saturated heterocycles. The molecule has 0 aliphatic carbocycles. The van der Waals surface area contributed by atoms with Crippen LogP contribution in [0.4, 0.5) is 10.2 Å². The number of carbonyl (C=O) groups excluding carboxylic acids is 1. The fourth-order valence-corrected chi connectivity index (χ4v) is 4.36. The molecule has 30 heavy (non-hydrogen) atoms. The van der Waals surface area contributed by atoms with Gasteiger partial charge in [-0.2, -0.15) is 0 Å². The molecule has 0 spiro atoms. The lowest BCUT2D eigenvalue weighted by molar-refractivity contribution is -0.132. The molecule has 0 atom stereocenters. The minimum atomic E-state index is -0.245. The number of halogens is 1. The summed E-state index contributed by atoms with van der Waals surface area (Å²) in [6, 6.07) is 14.1. The minimum absolute atomic E-state index is 0.162. The quantitative estimate of drug-likeness (QED) is 0.612. The first kappa shape index (κ1) is 20.6. The van der Waals surface area contributed by atoms with Crippen molar-refractivity contribution in [3.05, 3.63) is 60.2 Å². The highest BCUT2D eigenvalue weighted by atomic mass is 32.2. The number of hydrogen-bond donors (Lipinski definition) is 1. The zero-order chi connectivity index (χ0) is 20.9. The van der Waals surface area contributed by atoms with E-state index in [-0.39, 0.29) is 11.7 Å². The number of hydrogen-bond acceptors (Lipinski definition) is 6. The topological polar surface area (TPSA) is 75.3 Å². The zero-order valence-electron chi connectivity index (χ0n) is 16.6. The summed E-state index contributed by atoms with van der Waals surface area (Å²) >= 11 is 1.57. The van der Waals surface area contributed by atoms with Crippen LogP contribution >= 0.6 is 11.8 Å². The Morgan fingerprint density at radius 2 is 1.77 bits per heavy atom. The fraction of sp³-hybridized carbons (Fsp3) is 0.318. The van der Waals surface area contributed by atoms with Crippen LogP contribution < -0.4 is 5.73 Å². The molecule has 1 aliphatic heterocycles. The van der Waals surface area contributed by atoms with Crippen molar-refractivity contribution in [3.63, 3.8) is 0 Å². The van der Waals surface area contributed by atoms with Crippen LogP contribution in [0, 0.1) is 5.82 Å². The number of para-hydroxylation sites is 1. The molecule has 3 aromatic rings. The molecular formula is C22H24FN5OS. The van der Waals surface area contributed by atoms with Gasteiger partial charge in [-0.25, -0.2) is 14.4 Å². The third kappa shape index (κ3) is 5.06. The van der Waals surface area contributed by atoms with Gasteiger partial charge in [-0.1, -0.05) is 12.1 Å². The predicted molar refractivity (Wildman–Crippen MR) is 118 cm³/mol. The van der Waals surface area contributed by atoms with E-state index in [0.29, 0.717) is 43.5 Å². The zero-order valence-corrected chi connectivity index (χ0v) is 17.4. The molecule has 1 fully saturated rings. The van der Waals surface area contributed by atoms with Gasteiger partial charge in [0, 0.05) is 48.6 Å². The molecule has 156 valence electrons. The van der Waals surface area contributed by atoms with Crippen LogP contribution in [0.3, 0.4) is 0 Å². The Hall–Kier alpha value is -2.71. The van der Waals surface area contributed by atoms with Gasteiger partial charge >= 0.3 is 0 Å². The molecule has 0 bridgehead atoms. The Kier molecular flexibility index (Phi) is 6.44. The lowest BCUT2D eigenvalue weighted by Crippen LogP contribution is -2.48. The summed E-state index contributed by atoms with van der Waals surface area (Å²) in [5.74, 6) is 1.82. The van der Waals surface area contributed by atoms with Crippen LogP contribution in [-0.4, -0.2) is 57.6 Å². The number of nitrogens with two attached hydrogens (primary N) is 1. The third-order valence-corrected chi connectivity index (χ3v) is 6.18. The van der Waals surface area contributed by atoms with E-state index in [1.54, 1.807) is 23.9 Å². The molecule has 0 unspecified atom stereocenters. The summed E-state index contributed by atoms with van der Waals surface area (Å²) in [7, 11) is 0. The molecule has 6 nitrogen and oxygen atoms in total. The number of thioether (sulfide) groups is 1. The van der Waals surface area contributed by atoms with E-state index >= 15 is 0 Å². The number of aromatic nitrogens is 2. The average molecular weight is 426 g/mol. The van der Waals surface area contributed by atoms with Gasteiger partial charge in [-0.05, 0) is 36.4 Å². The van der Waals surface area contributed by atoms with Crippen LogP contribution in [-0.2, 0) is 11.3 Å². The molecule has 2 aromatic carbocycles. The molecular weight excluding hydrogens is 401 g/mol. The normalized spacial score (nSPS) is 14.9. The maximum Gasteiger partial charge on any atom is 0.223 e. The number of amides is 1. The summed E-state index contributed by atoms with van der Waals surface area (Å²) < 4.78 is 12.9. The van der Waals surface area contributed by atoms with Gasteiger partial charge in [0.1, 0.15) is 17.5 Å². The van der Waals surface area contributed by atoms with E-state index in [2.05, 4.69) is 14.9 Å². The number of rotatable bonds is 6. The van der Waals surface area contributed by atoms with Crippen molar-refractivity contribution in [3.8, 4) is 0 Å². The van der Waals surface area contributed by atoms with E-state index in [9.17, 15) is 9.18 Å². The molecule has 0 saturated carbocycles. The van der Waals surface area contributed by atoms with Gasteiger partial charge in [-0.3, -0.25) is 9.69 Å². The Balaban J connectivity index is 1.24. The lowest BCUT2D eigenvalue weighted by atomic mass is 10.2. The van der Waals surface area contributed by atoms with Crippen LogP contribution in [0.5, 0.6) is 0 Å². The molecule has 1 aromatic heterocycles. The summed E-state index contributed by atoms with van der Waals surface area (Å²) in [6.07, 6.45) is 0.479. The number of nitrogens with zero attached hydrogens (tertiary/aromatic N) is 4. The van der Waals surface area contributed by atoms with Crippen molar-refractivity contribution in [2.45, 2.75) is 17.9 Å². The highest BCUT2D eigenvalue weighted by molar-refractivity contribution is 7.99. The number of nitrogen functional groups attached to an aromatic ring is 1. The van der Waals surface area contributed by atoms with E-state index in [4.69, 9.17) is 5.73 Å². The van der Waals surface area contributed by atoms with Gasteiger partial charge in [0.05, 0.1) is 12.1 Å². The highest BCUT2D eigenvalue weighted by Crippen LogP contribution is 2.20. The van der Waals surface area contributed by atoms with E-state index in [1.807, 2.05) is 29.2 Å². The molecule has 8 heteroatoms. The molecule has 1 aliphatic rings. The first-order valence-electron chi connectivity index (χ1n) is 9.98. The maximum absolute atomic E-state index is 12.9. The Morgan fingerprint density at radius 3 is 2.53 bits per heavy atom. The van der Waals surface area contributed by atoms with E-state index in [1.165, 1.54) is 12.1 Å². The SMILES string of the molecule is Nc1nc(CN2CCN(C(=O)CCSc3ccc(F)cc3)CC2)nc2ccccc12. The maximum atomic E-state index is 12.9. The summed E-state index contributed by atoms with van der Waals surface area (Å²) in [4.78, 5) is 26.7. The van der Waals surface area contributed by atoms with Crippen LogP contribution in [0.15, 0.2) is 53.4 Å². The van der Waals surface area contributed by atoms with Crippen molar-refractivity contribution in [2.75, 3.05) is 37.7 Å². The van der Waals surface area contributed by atoms with Gasteiger partial charge in [0.2, 0.25) is 5.91 Å². The standard InChI is InChI=1S/C22H24FN5OS/c23-16-5-7-17(8-6-16)30-14-9-21(29)28-12-10-27(11-13-28)15-20-25-19-4-2-1-3-18(19)22(24)26-20/h1-8H,9-15H2,(H2,24,25,26). The number of carbonyl (C=O) groups is 1. The van der Waals surface area contributed by atoms with Crippen molar-refractivity contribution in [1.82, 2.24) is 19.8 Å². The van der Waals surface area contributed by atoms with Crippen LogP contribution in [0.1, 0.15) is 12.2 Å². The number of piperazine rings is 1. The largest absolute Gasteiger partial charge is 0.383 e. The van der Waals surface area contributed by atoms with Crippen molar-refractivity contribution in [1.29, 1.82) is 0 Å².